The van der Waals surface area contributed by atoms with Crippen LogP contribution in [0.3, 0.4) is 0 Å². The van der Waals surface area contributed by atoms with Crippen LogP contribution in [0.4, 0.5) is 0 Å². The minimum Gasteiger partial charge on any atom is -0.303 e. The first-order valence-corrected chi connectivity index (χ1v) is 4.41. The van der Waals surface area contributed by atoms with Crippen LogP contribution in [0.1, 0.15) is 24.8 Å². The quantitative estimate of drug-likeness (QED) is 0.480. The predicted octanol–water partition coefficient (Wildman–Crippen LogP) is 2.60. The Bertz CT molecular complexity index is 216. The smallest absolute Gasteiger partial charge is 0.119 e. The first-order valence-electron chi connectivity index (χ1n) is 4.41. The van der Waals surface area contributed by atoms with Gasteiger partial charge in [-0.3, -0.25) is 0 Å². The van der Waals surface area contributed by atoms with Gasteiger partial charge in [0, 0.05) is 6.42 Å². The number of benzene rings is 1. The molecule has 0 unspecified atom stereocenters. The van der Waals surface area contributed by atoms with Gasteiger partial charge in [0.2, 0.25) is 0 Å². The molecule has 0 aliphatic heterocycles. The van der Waals surface area contributed by atoms with E-state index in [2.05, 4.69) is 24.3 Å². The SMILES string of the molecule is O=CCCCCc1ccccc1. The Morgan fingerprint density at radius 2 is 1.83 bits per heavy atom. The fourth-order valence-electron chi connectivity index (χ4n) is 1.20. The number of aryl methyl sites for hydroxylation is 1. The Hall–Kier alpha value is -1.11. The van der Waals surface area contributed by atoms with E-state index in [0.717, 1.165) is 25.5 Å². The third-order valence-corrected chi connectivity index (χ3v) is 1.88. The van der Waals surface area contributed by atoms with Crippen molar-refractivity contribution in [1.29, 1.82) is 0 Å². The summed E-state index contributed by atoms with van der Waals surface area (Å²) in [6.07, 6.45) is 4.91. The zero-order valence-electron chi connectivity index (χ0n) is 7.20. The van der Waals surface area contributed by atoms with Crippen LogP contribution in [0, 0.1) is 0 Å². The highest BCUT2D eigenvalue weighted by atomic mass is 16.1. The summed E-state index contributed by atoms with van der Waals surface area (Å²) in [4.78, 5) is 10.0. The van der Waals surface area contributed by atoms with E-state index in [9.17, 15) is 4.79 Å². The molecule has 1 nitrogen and oxygen atoms in total. The van der Waals surface area contributed by atoms with E-state index in [-0.39, 0.29) is 0 Å². The van der Waals surface area contributed by atoms with Crippen LogP contribution in [-0.4, -0.2) is 6.29 Å². The lowest BCUT2D eigenvalue weighted by atomic mass is 10.1. The molecule has 0 saturated carbocycles. The highest BCUT2D eigenvalue weighted by Crippen LogP contribution is 2.04. The van der Waals surface area contributed by atoms with Crippen LogP contribution in [0.25, 0.3) is 0 Å². The van der Waals surface area contributed by atoms with Crippen LogP contribution < -0.4 is 0 Å². The Balaban J connectivity index is 2.20. The fourth-order valence-corrected chi connectivity index (χ4v) is 1.20. The molecule has 0 heterocycles. The third kappa shape index (κ3) is 3.33. The molecule has 1 rings (SSSR count). The van der Waals surface area contributed by atoms with Gasteiger partial charge in [-0.15, -0.1) is 0 Å². The van der Waals surface area contributed by atoms with E-state index < -0.39 is 0 Å². The lowest BCUT2D eigenvalue weighted by Crippen LogP contribution is -1.85. The van der Waals surface area contributed by atoms with Crippen molar-refractivity contribution < 1.29 is 4.79 Å². The maximum atomic E-state index is 10.0. The monoisotopic (exact) mass is 162 g/mol. The molecule has 0 N–H and O–H groups in total. The Labute approximate surface area is 73.4 Å². The lowest BCUT2D eigenvalue weighted by molar-refractivity contribution is -0.107. The summed E-state index contributed by atoms with van der Waals surface area (Å²) in [5.74, 6) is 0. The standard InChI is InChI=1S/C11H14O/c12-10-6-2-5-9-11-7-3-1-4-8-11/h1,3-4,7-8,10H,2,5-6,9H2. The van der Waals surface area contributed by atoms with Gasteiger partial charge < -0.3 is 4.79 Å². The third-order valence-electron chi connectivity index (χ3n) is 1.88. The van der Waals surface area contributed by atoms with Crippen molar-refractivity contribution in [1.82, 2.24) is 0 Å². The van der Waals surface area contributed by atoms with Crippen molar-refractivity contribution in [3.8, 4) is 0 Å². The molecule has 64 valence electrons. The van der Waals surface area contributed by atoms with E-state index in [0.29, 0.717) is 6.42 Å². The summed E-state index contributed by atoms with van der Waals surface area (Å²) < 4.78 is 0. The first kappa shape index (κ1) is 8.98. The summed E-state index contributed by atoms with van der Waals surface area (Å²) >= 11 is 0. The molecule has 0 spiro atoms. The molecule has 0 saturated heterocycles. The maximum Gasteiger partial charge on any atom is 0.119 e. The molecule has 1 aromatic rings. The minimum atomic E-state index is 0.701. The van der Waals surface area contributed by atoms with Crippen LogP contribution in [0.5, 0.6) is 0 Å². The number of rotatable bonds is 5. The molecule has 1 aromatic carbocycles. The number of carbonyl (C=O) groups excluding carboxylic acids is 1. The second-order valence-electron chi connectivity index (χ2n) is 2.90. The second-order valence-corrected chi connectivity index (χ2v) is 2.90. The van der Waals surface area contributed by atoms with Gasteiger partial charge in [0.15, 0.2) is 0 Å². The zero-order chi connectivity index (χ0) is 8.65. The van der Waals surface area contributed by atoms with Crippen molar-refractivity contribution in [2.45, 2.75) is 25.7 Å². The van der Waals surface area contributed by atoms with Gasteiger partial charge in [0.1, 0.15) is 6.29 Å². The Morgan fingerprint density at radius 1 is 1.08 bits per heavy atom. The second kappa shape index (κ2) is 5.53. The fraction of sp³-hybridized carbons (Fsp3) is 0.364. The van der Waals surface area contributed by atoms with Crippen molar-refractivity contribution in [2.24, 2.45) is 0 Å². The molecule has 0 radical (unpaired) electrons. The summed E-state index contributed by atoms with van der Waals surface area (Å²) in [5.41, 5.74) is 1.36. The average molecular weight is 162 g/mol. The van der Waals surface area contributed by atoms with Crippen molar-refractivity contribution in [3.63, 3.8) is 0 Å². The highest BCUT2D eigenvalue weighted by Gasteiger charge is 1.90. The Kier molecular flexibility index (Phi) is 4.14. The largest absolute Gasteiger partial charge is 0.303 e. The normalized spacial score (nSPS) is 9.67. The van der Waals surface area contributed by atoms with Gasteiger partial charge in [0.25, 0.3) is 0 Å². The van der Waals surface area contributed by atoms with E-state index in [1.807, 2.05) is 6.07 Å². The van der Waals surface area contributed by atoms with E-state index in [4.69, 9.17) is 0 Å². The van der Waals surface area contributed by atoms with Gasteiger partial charge >= 0.3 is 0 Å². The van der Waals surface area contributed by atoms with Gasteiger partial charge in [-0.05, 0) is 24.8 Å². The van der Waals surface area contributed by atoms with Crippen LogP contribution in [0.2, 0.25) is 0 Å². The van der Waals surface area contributed by atoms with Crippen molar-refractivity contribution in [3.05, 3.63) is 35.9 Å². The number of hydrogen-bond acceptors (Lipinski definition) is 1. The Morgan fingerprint density at radius 3 is 2.50 bits per heavy atom. The van der Waals surface area contributed by atoms with Crippen LogP contribution >= 0.6 is 0 Å². The van der Waals surface area contributed by atoms with Crippen molar-refractivity contribution in [2.75, 3.05) is 0 Å². The molecular weight excluding hydrogens is 148 g/mol. The van der Waals surface area contributed by atoms with E-state index in [1.165, 1.54) is 5.56 Å². The molecule has 0 aliphatic rings. The summed E-state index contributed by atoms with van der Waals surface area (Å²) in [7, 11) is 0. The van der Waals surface area contributed by atoms with Gasteiger partial charge in [-0.1, -0.05) is 30.3 Å². The summed E-state index contributed by atoms with van der Waals surface area (Å²) in [6.45, 7) is 0. The van der Waals surface area contributed by atoms with Crippen LogP contribution in [-0.2, 0) is 11.2 Å². The molecule has 0 aliphatic carbocycles. The summed E-state index contributed by atoms with van der Waals surface area (Å²) in [5, 5.41) is 0. The number of hydrogen-bond donors (Lipinski definition) is 0. The maximum absolute atomic E-state index is 10.0. The van der Waals surface area contributed by atoms with Crippen molar-refractivity contribution >= 4 is 6.29 Å². The number of aldehydes is 1. The van der Waals surface area contributed by atoms with E-state index >= 15 is 0 Å². The lowest BCUT2D eigenvalue weighted by Gasteiger charge is -1.97. The molecule has 1 heteroatoms. The predicted molar refractivity (Wildman–Crippen MR) is 50.1 cm³/mol. The summed E-state index contributed by atoms with van der Waals surface area (Å²) in [6, 6.07) is 10.4. The van der Waals surface area contributed by atoms with Gasteiger partial charge in [-0.2, -0.15) is 0 Å². The van der Waals surface area contributed by atoms with Crippen LogP contribution in [0.15, 0.2) is 30.3 Å². The van der Waals surface area contributed by atoms with Gasteiger partial charge in [0.05, 0.1) is 0 Å². The molecule has 0 amide bonds. The average Bonchev–Trinajstić information content (AvgIpc) is 2.14. The minimum absolute atomic E-state index is 0.701. The first-order chi connectivity index (χ1) is 5.93. The molecule has 0 aromatic heterocycles. The highest BCUT2D eigenvalue weighted by molar-refractivity contribution is 5.48. The molecule has 0 fully saturated rings. The molecular formula is C11H14O. The van der Waals surface area contributed by atoms with Gasteiger partial charge in [-0.25, -0.2) is 0 Å². The van der Waals surface area contributed by atoms with E-state index in [1.54, 1.807) is 0 Å². The molecule has 0 bridgehead atoms. The number of carbonyl (C=O) groups is 1. The molecule has 12 heavy (non-hydrogen) atoms. The number of unbranched alkanes of at least 4 members (excludes halogenated alkanes) is 2. The molecule has 0 atom stereocenters. The zero-order valence-corrected chi connectivity index (χ0v) is 7.20. The topological polar surface area (TPSA) is 17.1 Å².